The van der Waals surface area contributed by atoms with E-state index in [4.69, 9.17) is 15.2 Å². The minimum absolute atomic E-state index is 0.245. The lowest BCUT2D eigenvalue weighted by atomic mass is 10.1. The molecule has 116 valence electrons. The van der Waals surface area contributed by atoms with E-state index in [0.717, 1.165) is 5.56 Å². The molecule has 0 bridgehead atoms. The Balaban J connectivity index is 2.06. The van der Waals surface area contributed by atoms with Crippen molar-refractivity contribution < 1.29 is 14.3 Å². The van der Waals surface area contributed by atoms with Gasteiger partial charge in [-0.3, -0.25) is 9.59 Å². The third-order valence-electron chi connectivity index (χ3n) is 3.81. The number of carbonyl (C=O) groups is 1. The van der Waals surface area contributed by atoms with Crippen LogP contribution in [0, 0.1) is 6.92 Å². The van der Waals surface area contributed by atoms with Gasteiger partial charge in [0.05, 0.1) is 24.3 Å². The van der Waals surface area contributed by atoms with Crippen LogP contribution in [-0.2, 0) is 16.0 Å². The highest BCUT2D eigenvalue weighted by Crippen LogP contribution is 2.19. The molecule has 0 radical (unpaired) electrons. The van der Waals surface area contributed by atoms with Gasteiger partial charge in [0.25, 0.3) is 5.56 Å². The molecule has 1 aromatic heterocycles. The van der Waals surface area contributed by atoms with Crippen LogP contribution in [0.1, 0.15) is 22.3 Å². The van der Waals surface area contributed by atoms with E-state index < -0.39 is 5.91 Å². The number of benzene rings is 1. The molecule has 3 rings (SSSR count). The second kappa shape index (κ2) is 5.90. The van der Waals surface area contributed by atoms with E-state index in [-0.39, 0.29) is 17.4 Å². The second-order valence-corrected chi connectivity index (χ2v) is 5.39. The van der Waals surface area contributed by atoms with Crippen LogP contribution in [0.5, 0.6) is 0 Å². The molecule has 2 aromatic rings. The number of hydrogen-bond donors (Lipinski definition) is 1. The molecule has 6 heteroatoms. The molecule has 0 unspecified atom stereocenters. The lowest BCUT2D eigenvalue weighted by Gasteiger charge is -2.15. The Kier molecular flexibility index (Phi) is 3.96. The first-order chi connectivity index (χ1) is 10.6. The van der Waals surface area contributed by atoms with Gasteiger partial charge in [-0.15, -0.1) is 0 Å². The number of rotatable bonds is 4. The van der Waals surface area contributed by atoms with E-state index in [1.807, 2.05) is 25.1 Å². The first-order valence-corrected chi connectivity index (χ1v) is 7.23. The molecule has 2 heterocycles. The van der Waals surface area contributed by atoms with E-state index in [0.29, 0.717) is 37.1 Å². The largest absolute Gasteiger partial charge is 0.366 e. The number of primary amides is 1. The van der Waals surface area contributed by atoms with Gasteiger partial charge in [0.1, 0.15) is 0 Å². The molecule has 1 amide bonds. The maximum atomic E-state index is 12.3. The fourth-order valence-corrected chi connectivity index (χ4v) is 2.73. The number of nitrogens with two attached hydrogens (primary N) is 1. The Labute approximate surface area is 127 Å². The molecular formula is C16H18N2O4. The van der Waals surface area contributed by atoms with Crippen LogP contribution in [-0.4, -0.2) is 30.0 Å². The van der Waals surface area contributed by atoms with Crippen molar-refractivity contribution >= 4 is 16.8 Å². The minimum atomic E-state index is -0.597. The third kappa shape index (κ3) is 2.75. The average molecular weight is 302 g/mol. The minimum Gasteiger partial charge on any atom is -0.366 e. The molecule has 1 fully saturated rings. The highest BCUT2D eigenvalue weighted by atomic mass is 16.7. The second-order valence-electron chi connectivity index (χ2n) is 5.39. The van der Waals surface area contributed by atoms with Crippen LogP contribution in [0.2, 0.25) is 0 Å². The molecule has 2 N–H and O–H groups in total. The highest BCUT2D eigenvalue weighted by molar-refractivity contribution is 6.05. The number of amides is 1. The normalized spacial score (nSPS) is 15.5. The summed E-state index contributed by atoms with van der Waals surface area (Å²) in [4.78, 5) is 23.9. The molecule has 0 aliphatic carbocycles. The fourth-order valence-electron chi connectivity index (χ4n) is 2.73. The Hall–Kier alpha value is -2.18. The topological polar surface area (TPSA) is 83.6 Å². The first-order valence-electron chi connectivity index (χ1n) is 7.23. The van der Waals surface area contributed by atoms with Gasteiger partial charge in [0.15, 0.2) is 6.29 Å². The molecule has 1 aromatic carbocycles. The van der Waals surface area contributed by atoms with Crippen LogP contribution in [0.3, 0.4) is 0 Å². The number of carbonyl (C=O) groups excluding carboxylic acids is 1. The number of pyridine rings is 1. The van der Waals surface area contributed by atoms with Gasteiger partial charge in [-0.2, -0.15) is 0 Å². The summed E-state index contributed by atoms with van der Waals surface area (Å²) in [5.41, 5.74) is 7.11. The Morgan fingerprint density at radius 1 is 1.32 bits per heavy atom. The molecule has 0 spiro atoms. The monoisotopic (exact) mass is 302 g/mol. The van der Waals surface area contributed by atoms with Crippen LogP contribution in [0.25, 0.3) is 10.9 Å². The fraction of sp³-hybridized carbons (Fsp3) is 0.375. The molecule has 22 heavy (non-hydrogen) atoms. The maximum absolute atomic E-state index is 12.3. The average Bonchev–Trinajstić information content (AvgIpc) is 2.98. The SMILES string of the molecule is Cc1ccc2c(C(N)=O)cc(=O)n(CCC3OCCO3)c2c1. The summed E-state index contributed by atoms with van der Waals surface area (Å²) in [6.07, 6.45) is 0.307. The van der Waals surface area contributed by atoms with Gasteiger partial charge in [-0.05, 0) is 18.6 Å². The molecule has 1 saturated heterocycles. The van der Waals surface area contributed by atoms with Gasteiger partial charge in [-0.25, -0.2) is 0 Å². The Morgan fingerprint density at radius 3 is 2.73 bits per heavy atom. The zero-order chi connectivity index (χ0) is 15.7. The number of aromatic nitrogens is 1. The molecule has 0 saturated carbocycles. The molecule has 1 aliphatic rings. The van der Waals surface area contributed by atoms with Crippen molar-refractivity contribution in [3.63, 3.8) is 0 Å². The quantitative estimate of drug-likeness (QED) is 0.919. The Morgan fingerprint density at radius 2 is 2.05 bits per heavy atom. The van der Waals surface area contributed by atoms with Crippen LogP contribution in [0.15, 0.2) is 29.1 Å². The van der Waals surface area contributed by atoms with Crippen molar-refractivity contribution in [2.75, 3.05) is 13.2 Å². The first kappa shape index (κ1) is 14.7. The van der Waals surface area contributed by atoms with Gasteiger partial charge in [0, 0.05) is 24.4 Å². The van der Waals surface area contributed by atoms with E-state index in [1.54, 1.807) is 4.57 Å². The van der Waals surface area contributed by atoms with Crippen molar-refractivity contribution in [3.8, 4) is 0 Å². The molecule has 0 atom stereocenters. The third-order valence-corrected chi connectivity index (χ3v) is 3.81. The number of nitrogens with zero attached hydrogens (tertiary/aromatic N) is 1. The van der Waals surface area contributed by atoms with Gasteiger partial charge < -0.3 is 19.8 Å². The zero-order valence-electron chi connectivity index (χ0n) is 12.4. The van der Waals surface area contributed by atoms with Crippen molar-refractivity contribution in [2.24, 2.45) is 5.73 Å². The summed E-state index contributed by atoms with van der Waals surface area (Å²) in [7, 11) is 0. The lowest BCUT2D eigenvalue weighted by Crippen LogP contribution is -2.26. The van der Waals surface area contributed by atoms with Crippen LogP contribution in [0.4, 0.5) is 0 Å². The van der Waals surface area contributed by atoms with E-state index in [9.17, 15) is 9.59 Å². The zero-order valence-corrected chi connectivity index (χ0v) is 12.4. The van der Waals surface area contributed by atoms with Crippen LogP contribution >= 0.6 is 0 Å². The summed E-state index contributed by atoms with van der Waals surface area (Å²) >= 11 is 0. The molecule has 6 nitrogen and oxygen atoms in total. The van der Waals surface area contributed by atoms with E-state index >= 15 is 0 Å². The molecular weight excluding hydrogens is 284 g/mol. The van der Waals surface area contributed by atoms with Crippen molar-refractivity contribution in [1.82, 2.24) is 4.57 Å². The number of fused-ring (bicyclic) bond motifs is 1. The highest BCUT2D eigenvalue weighted by Gasteiger charge is 2.18. The molecule has 1 aliphatic heterocycles. The van der Waals surface area contributed by atoms with Crippen molar-refractivity contribution in [1.29, 1.82) is 0 Å². The van der Waals surface area contributed by atoms with Crippen molar-refractivity contribution in [3.05, 3.63) is 45.7 Å². The number of ether oxygens (including phenoxy) is 2. The Bertz CT molecular complexity index is 776. The summed E-state index contributed by atoms with van der Waals surface area (Å²) in [5, 5.41) is 0.686. The summed E-state index contributed by atoms with van der Waals surface area (Å²) < 4.78 is 12.4. The smallest absolute Gasteiger partial charge is 0.251 e. The van der Waals surface area contributed by atoms with E-state index in [1.165, 1.54) is 6.07 Å². The predicted molar refractivity (Wildman–Crippen MR) is 81.8 cm³/mol. The van der Waals surface area contributed by atoms with Gasteiger partial charge in [-0.1, -0.05) is 12.1 Å². The summed E-state index contributed by atoms with van der Waals surface area (Å²) in [6, 6.07) is 6.91. The summed E-state index contributed by atoms with van der Waals surface area (Å²) in [6.45, 7) is 3.57. The van der Waals surface area contributed by atoms with E-state index in [2.05, 4.69) is 0 Å². The number of hydrogen-bond acceptors (Lipinski definition) is 4. The standard InChI is InChI=1S/C16H18N2O4/c1-10-2-3-11-12(16(17)20)9-14(19)18(13(11)8-10)5-4-15-21-6-7-22-15/h2-3,8-9,15H,4-7H2,1H3,(H2,17,20). The summed E-state index contributed by atoms with van der Waals surface area (Å²) in [5.74, 6) is -0.597. The van der Waals surface area contributed by atoms with Crippen LogP contribution < -0.4 is 11.3 Å². The maximum Gasteiger partial charge on any atom is 0.251 e. The van der Waals surface area contributed by atoms with Gasteiger partial charge in [0.2, 0.25) is 5.91 Å². The van der Waals surface area contributed by atoms with Crippen molar-refractivity contribution in [2.45, 2.75) is 26.2 Å². The predicted octanol–water partition coefficient (Wildman–Crippen LogP) is 1.17. The van der Waals surface area contributed by atoms with Gasteiger partial charge >= 0.3 is 0 Å². The lowest BCUT2D eigenvalue weighted by molar-refractivity contribution is -0.0490. The number of aryl methyl sites for hydroxylation is 2.